The third-order valence-electron chi connectivity index (χ3n) is 2.88. The van der Waals surface area contributed by atoms with Crippen LogP contribution in [0, 0.1) is 6.92 Å². The Kier molecular flexibility index (Phi) is 3.72. The molecule has 2 heterocycles. The Morgan fingerprint density at radius 1 is 1.31 bits per heavy atom. The molecule has 0 bridgehead atoms. The minimum atomic E-state index is 0.903. The van der Waals surface area contributed by atoms with Gasteiger partial charge in [-0.25, -0.2) is 9.97 Å². The van der Waals surface area contributed by atoms with Crippen molar-refractivity contribution in [2.75, 3.05) is 31.1 Å². The van der Waals surface area contributed by atoms with Gasteiger partial charge in [-0.05, 0) is 32.4 Å². The maximum absolute atomic E-state index is 4.60. The molecule has 16 heavy (non-hydrogen) atoms. The molecule has 1 saturated heterocycles. The van der Waals surface area contributed by atoms with Crippen LogP contribution < -0.4 is 10.2 Å². The van der Waals surface area contributed by atoms with E-state index < -0.39 is 0 Å². The van der Waals surface area contributed by atoms with Gasteiger partial charge >= 0.3 is 0 Å². The van der Waals surface area contributed by atoms with Gasteiger partial charge in [-0.2, -0.15) is 0 Å². The van der Waals surface area contributed by atoms with E-state index in [9.17, 15) is 0 Å². The van der Waals surface area contributed by atoms with Gasteiger partial charge in [-0.1, -0.05) is 6.92 Å². The van der Waals surface area contributed by atoms with Crippen LogP contribution in [0.5, 0.6) is 0 Å². The lowest BCUT2D eigenvalue weighted by atomic mass is 10.3. The van der Waals surface area contributed by atoms with Crippen molar-refractivity contribution in [3.8, 4) is 0 Å². The second kappa shape index (κ2) is 5.25. The predicted molar refractivity (Wildman–Crippen MR) is 65.8 cm³/mol. The predicted octanol–water partition coefficient (Wildman–Crippen LogP) is 1.15. The molecule has 1 N–H and O–H groups in total. The zero-order valence-electron chi connectivity index (χ0n) is 10.2. The topological polar surface area (TPSA) is 41.1 Å². The molecule has 1 fully saturated rings. The normalized spacial score (nSPS) is 17.2. The van der Waals surface area contributed by atoms with E-state index in [1.807, 2.05) is 6.92 Å². The summed E-state index contributed by atoms with van der Waals surface area (Å²) in [5.74, 6) is 0.903. The Bertz CT molecular complexity index is 343. The van der Waals surface area contributed by atoms with Crippen molar-refractivity contribution < 1.29 is 0 Å². The van der Waals surface area contributed by atoms with Crippen LogP contribution in [-0.4, -0.2) is 36.1 Å². The molecule has 1 aromatic rings. The van der Waals surface area contributed by atoms with Crippen LogP contribution in [-0.2, 0) is 6.42 Å². The fourth-order valence-corrected chi connectivity index (χ4v) is 1.99. The zero-order valence-corrected chi connectivity index (χ0v) is 10.2. The molecule has 0 spiro atoms. The molecule has 4 heteroatoms. The van der Waals surface area contributed by atoms with Gasteiger partial charge in [-0.3, -0.25) is 0 Å². The molecule has 88 valence electrons. The Morgan fingerprint density at radius 3 is 3.00 bits per heavy atom. The van der Waals surface area contributed by atoms with E-state index in [4.69, 9.17) is 0 Å². The fraction of sp³-hybridized carbons (Fsp3) is 0.667. The van der Waals surface area contributed by atoms with E-state index >= 15 is 0 Å². The monoisotopic (exact) mass is 220 g/mol. The molecule has 2 rings (SSSR count). The van der Waals surface area contributed by atoms with Crippen LogP contribution in [0.2, 0.25) is 0 Å². The number of nitrogens with zero attached hydrogens (tertiary/aromatic N) is 3. The molecule has 1 aromatic heterocycles. The lowest BCUT2D eigenvalue weighted by Gasteiger charge is -2.20. The maximum atomic E-state index is 4.60. The van der Waals surface area contributed by atoms with Gasteiger partial charge in [0.05, 0.1) is 0 Å². The number of nitrogens with one attached hydrogen (secondary N) is 1. The summed E-state index contributed by atoms with van der Waals surface area (Å²) in [5.41, 5.74) is 2.21. The van der Waals surface area contributed by atoms with E-state index in [1.54, 1.807) is 0 Å². The van der Waals surface area contributed by atoms with Crippen molar-refractivity contribution in [1.82, 2.24) is 15.3 Å². The summed E-state index contributed by atoms with van der Waals surface area (Å²) < 4.78 is 0. The minimum Gasteiger partial charge on any atom is -0.339 e. The first kappa shape index (κ1) is 11.3. The molecule has 0 saturated carbocycles. The van der Waals surface area contributed by atoms with E-state index in [-0.39, 0.29) is 0 Å². The van der Waals surface area contributed by atoms with Crippen molar-refractivity contribution in [3.05, 3.63) is 17.5 Å². The Balaban J connectivity index is 2.20. The van der Waals surface area contributed by atoms with E-state index in [0.29, 0.717) is 0 Å². The molecule has 0 aliphatic carbocycles. The molecular formula is C12H20N4. The highest BCUT2D eigenvalue weighted by atomic mass is 15.3. The highest BCUT2D eigenvalue weighted by Gasteiger charge is 2.12. The molecule has 0 unspecified atom stereocenters. The van der Waals surface area contributed by atoms with Gasteiger partial charge < -0.3 is 10.2 Å². The van der Waals surface area contributed by atoms with E-state index in [1.165, 1.54) is 6.42 Å². The fourth-order valence-electron chi connectivity index (χ4n) is 1.99. The number of hydrogen-bond acceptors (Lipinski definition) is 4. The second-order valence-electron chi connectivity index (χ2n) is 4.24. The van der Waals surface area contributed by atoms with Crippen molar-refractivity contribution in [3.63, 3.8) is 0 Å². The molecule has 4 nitrogen and oxygen atoms in total. The second-order valence-corrected chi connectivity index (χ2v) is 4.24. The van der Waals surface area contributed by atoms with E-state index in [2.05, 4.69) is 33.2 Å². The van der Waals surface area contributed by atoms with Crippen LogP contribution in [0.15, 0.2) is 6.07 Å². The van der Waals surface area contributed by atoms with Gasteiger partial charge in [0.25, 0.3) is 0 Å². The number of aromatic nitrogens is 2. The van der Waals surface area contributed by atoms with Crippen molar-refractivity contribution in [2.45, 2.75) is 26.7 Å². The lowest BCUT2D eigenvalue weighted by molar-refractivity contribution is 0.724. The Hall–Kier alpha value is -1.16. The maximum Gasteiger partial charge on any atom is 0.225 e. The van der Waals surface area contributed by atoms with Gasteiger partial charge in [0.15, 0.2) is 0 Å². The largest absolute Gasteiger partial charge is 0.339 e. The molecular weight excluding hydrogens is 200 g/mol. The SMILES string of the molecule is CCc1cc(C)nc(N2CCCNCC2)n1. The first-order valence-corrected chi connectivity index (χ1v) is 6.10. The summed E-state index contributed by atoms with van der Waals surface area (Å²) in [5, 5.41) is 3.39. The summed E-state index contributed by atoms with van der Waals surface area (Å²) in [7, 11) is 0. The standard InChI is InChI=1S/C12H20N4/c1-3-11-9-10(2)14-12(15-11)16-7-4-5-13-6-8-16/h9,13H,3-8H2,1-2H3. The lowest BCUT2D eigenvalue weighted by Crippen LogP contribution is -2.29. The molecule has 1 aliphatic heterocycles. The first-order chi connectivity index (χ1) is 7.79. The summed E-state index contributed by atoms with van der Waals surface area (Å²) in [4.78, 5) is 11.4. The summed E-state index contributed by atoms with van der Waals surface area (Å²) in [6.07, 6.45) is 2.14. The van der Waals surface area contributed by atoms with Crippen LogP contribution in [0.4, 0.5) is 5.95 Å². The van der Waals surface area contributed by atoms with Gasteiger partial charge in [-0.15, -0.1) is 0 Å². The minimum absolute atomic E-state index is 0.903. The highest BCUT2D eigenvalue weighted by molar-refractivity contribution is 5.32. The number of anilines is 1. The molecule has 0 amide bonds. The summed E-state index contributed by atoms with van der Waals surface area (Å²) >= 11 is 0. The highest BCUT2D eigenvalue weighted by Crippen LogP contribution is 2.11. The molecule has 1 aliphatic rings. The zero-order chi connectivity index (χ0) is 11.4. The summed E-state index contributed by atoms with van der Waals surface area (Å²) in [6, 6.07) is 2.07. The van der Waals surface area contributed by atoms with Crippen LogP contribution in [0.3, 0.4) is 0 Å². The van der Waals surface area contributed by atoms with Crippen LogP contribution in [0.25, 0.3) is 0 Å². The third kappa shape index (κ3) is 2.70. The van der Waals surface area contributed by atoms with Gasteiger partial charge in [0, 0.05) is 31.0 Å². The molecule has 0 atom stereocenters. The average molecular weight is 220 g/mol. The van der Waals surface area contributed by atoms with Crippen LogP contribution in [0.1, 0.15) is 24.7 Å². The van der Waals surface area contributed by atoms with Crippen LogP contribution >= 0.6 is 0 Å². The van der Waals surface area contributed by atoms with Gasteiger partial charge in [0.2, 0.25) is 5.95 Å². The molecule has 0 aromatic carbocycles. The summed E-state index contributed by atoms with van der Waals surface area (Å²) in [6.45, 7) is 8.36. The number of hydrogen-bond donors (Lipinski definition) is 1. The van der Waals surface area contributed by atoms with Gasteiger partial charge in [0.1, 0.15) is 0 Å². The number of rotatable bonds is 2. The Labute approximate surface area is 97.1 Å². The smallest absolute Gasteiger partial charge is 0.225 e. The molecule has 0 radical (unpaired) electrons. The quantitative estimate of drug-likeness (QED) is 0.811. The number of aryl methyl sites for hydroxylation is 2. The Morgan fingerprint density at radius 2 is 2.19 bits per heavy atom. The average Bonchev–Trinajstić information content (AvgIpc) is 2.56. The first-order valence-electron chi connectivity index (χ1n) is 6.10. The van der Waals surface area contributed by atoms with Crippen molar-refractivity contribution >= 4 is 5.95 Å². The van der Waals surface area contributed by atoms with E-state index in [0.717, 1.165) is 49.9 Å². The van der Waals surface area contributed by atoms with Crippen molar-refractivity contribution in [1.29, 1.82) is 0 Å². The van der Waals surface area contributed by atoms with Crippen molar-refractivity contribution in [2.24, 2.45) is 0 Å². The third-order valence-corrected chi connectivity index (χ3v) is 2.88.